The predicted octanol–water partition coefficient (Wildman–Crippen LogP) is 5.51. The smallest absolute Gasteiger partial charge is 0.186 e. The molecule has 6 heteroatoms. The Morgan fingerprint density at radius 1 is 0.618 bits per heavy atom. The number of hydrogen-bond acceptors (Lipinski definition) is 5. The molecule has 180 valence electrons. The SMILES string of the molecule is CO[C@@H]1O[C@H](CBr)[C@@H](OCc2ccccc2)[C@H](OCc2ccccc2)[C@H]1OCc1ccccc1. The van der Waals surface area contributed by atoms with Crippen molar-refractivity contribution in [2.24, 2.45) is 0 Å². The van der Waals surface area contributed by atoms with Crippen molar-refractivity contribution in [1.82, 2.24) is 0 Å². The standard InChI is InChI=1S/C28H31BrO5/c1-30-28-27(33-20-23-15-9-4-10-16-23)26(32-19-22-13-7-3-8-14-22)25(24(17-29)34-28)31-18-21-11-5-2-6-12-21/h2-16,24-28H,17-20H2,1H3/t24-,25-,26+,27-,28-/m1/s1. The predicted molar refractivity (Wildman–Crippen MR) is 135 cm³/mol. The maximum atomic E-state index is 6.50. The molecule has 0 aromatic heterocycles. The van der Waals surface area contributed by atoms with Crippen molar-refractivity contribution in [1.29, 1.82) is 0 Å². The van der Waals surface area contributed by atoms with Crippen LogP contribution in [0.3, 0.4) is 0 Å². The number of halogens is 1. The number of methoxy groups -OCH3 is 1. The zero-order valence-electron chi connectivity index (χ0n) is 19.3. The first-order valence-corrected chi connectivity index (χ1v) is 12.6. The van der Waals surface area contributed by atoms with Gasteiger partial charge in [-0.3, -0.25) is 0 Å². The molecule has 0 unspecified atom stereocenters. The number of ether oxygens (including phenoxy) is 5. The van der Waals surface area contributed by atoms with Crippen molar-refractivity contribution in [3.05, 3.63) is 108 Å². The third kappa shape index (κ3) is 6.75. The molecular weight excluding hydrogens is 496 g/mol. The largest absolute Gasteiger partial charge is 0.368 e. The maximum Gasteiger partial charge on any atom is 0.186 e. The molecule has 1 saturated heterocycles. The van der Waals surface area contributed by atoms with E-state index >= 15 is 0 Å². The third-order valence-electron chi connectivity index (χ3n) is 5.83. The average molecular weight is 527 g/mol. The van der Waals surface area contributed by atoms with E-state index in [1.165, 1.54) is 0 Å². The van der Waals surface area contributed by atoms with Crippen LogP contribution >= 0.6 is 15.9 Å². The van der Waals surface area contributed by atoms with Gasteiger partial charge in [-0.2, -0.15) is 0 Å². The second-order valence-electron chi connectivity index (χ2n) is 8.22. The van der Waals surface area contributed by atoms with Crippen molar-refractivity contribution >= 4 is 15.9 Å². The van der Waals surface area contributed by atoms with E-state index in [2.05, 4.69) is 28.1 Å². The third-order valence-corrected chi connectivity index (χ3v) is 6.47. The summed E-state index contributed by atoms with van der Waals surface area (Å²) in [6, 6.07) is 30.3. The minimum absolute atomic E-state index is 0.258. The van der Waals surface area contributed by atoms with Crippen LogP contribution in [0.4, 0.5) is 0 Å². The summed E-state index contributed by atoms with van der Waals surface area (Å²) in [5.74, 6) is 0. The lowest BCUT2D eigenvalue weighted by Crippen LogP contribution is -2.61. The van der Waals surface area contributed by atoms with Gasteiger partial charge in [-0.05, 0) is 16.7 Å². The first kappa shape index (κ1) is 25.0. The number of benzene rings is 3. The van der Waals surface area contributed by atoms with Gasteiger partial charge in [0.25, 0.3) is 0 Å². The Balaban J connectivity index is 1.56. The molecule has 0 bridgehead atoms. The summed E-state index contributed by atoms with van der Waals surface area (Å²) in [7, 11) is 1.63. The number of hydrogen-bond donors (Lipinski definition) is 0. The van der Waals surface area contributed by atoms with Crippen LogP contribution in [0.15, 0.2) is 91.0 Å². The molecule has 0 amide bonds. The number of alkyl halides is 1. The summed E-state index contributed by atoms with van der Waals surface area (Å²) in [6.07, 6.45) is -2.05. The molecule has 0 spiro atoms. The lowest BCUT2D eigenvalue weighted by atomic mass is 9.98. The van der Waals surface area contributed by atoms with Gasteiger partial charge in [0.05, 0.1) is 25.9 Å². The van der Waals surface area contributed by atoms with Crippen molar-refractivity contribution < 1.29 is 23.7 Å². The highest BCUT2D eigenvalue weighted by atomic mass is 79.9. The first-order valence-electron chi connectivity index (χ1n) is 11.5. The maximum absolute atomic E-state index is 6.50. The first-order chi connectivity index (χ1) is 16.8. The van der Waals surface area contributed by atoms with Gasteiger partial charge in [0.2, 0.25) is 0 Å². The normalized spacial score (nSPS) is 24.7. The Bertz CT molecular complexity index is 899. The van der Waals surface area contributed by atoms with Crippen molar-refractivity contribution in [3.8, 4) is 0 Å². The summed E-state index contributed by atoms with van der Waals surface area (Å²) >= 11 is 3.60. The van der Waals surface area contributed by atoms with Crippen LogP contribution in [0.2, 0.25) is 0 Å². The molecule has 1 aliphatic heterocycles. The second kappa shape index (κ2) is 13.1. The Morgan fingerprint density at radius 3 is 1.44 bits per heavy atom. The number of rotatable bonds is 11. The van der Waals surface area contributed by atoms with Crippen LogP contribution in [-0.2, 0) is 43.5 Å². The molecule has 5 nitrogen and oxygen atoms in total. The van der Waals surface area contributed by atoms with E-state index in [0.29, 0.717) is 25.2 Å². The van der Waals surface area contributed by atoms with E-state index in [-0.39, 0.29) is 12.2 Å². The minimum atomic E-state index is -0.580. The Morgan fingerprint density at radius 2 is 1.03 bits per heavy atom. The average Bonchev–Trinajstić information content (AvgIpc) is 2.91. The van der Waals surface area contributed by atoms with Crippen LogP contribution in [0.25, 0.3) is 0 Å². The molecule has 1 fully saturated rings. The van der Waals surface area contributed by atoms with Crippen molar-refractivity contribution in [3.63, 3.8) is 0 Å². The molecular formula is C28H31BrO5. The van der Waals surface area contributed by atoms with Gasteiger partial charge in [0.1, 0.15) is 18.3 Å². The molecule has 3 aromatic carbocycles. The fraction of sp³-hybridized carbons (Fsp3) is 0.357. The van der Waals surface area contributed by atoms with Gasteiger partial charge < -0.3 is 23.7 Å². The highest BCUT2D eigenvalue weighted by Gasteiger charge is 2.48. The highest BCUT2D eigenvalue weighted by molar-refractivity contribution is 9.09. The van der Waals surface area contributed by atoms with E-state index in [9.17, 15) is 0 Å². The second-order valence-corrected chi connectivity index (χ2v) is 8.86. The quantitative estimate of drug-likeness (QED) is 0.308. The van der Waals surface area contributed by atoms with Gasteiger partial charge >= 0.3 is 0 Å². The van der Waals surface area contributed by atoms with E-state index in [1.807, 2.05) is 78.9 Å². The molecule has 1 aliphatic rings. The Kier molecular flexibility index (Phi) is 9.68. The molecule has 0 N–H and O–H groups in total. The lowest BCUT2D eigenvalue weighted by molar-refractivity contribution is -0.313. The van der Waals surface area contributed by atoms with Crippen LogP contribution in [-0.4, -0.2) is 43.1 Å². The Hall–Kier alpha value is -2.06. The van der Waals surface area contributed by atoms with E-state index in [4.69, 9.17) is 23.7 Å². The molecule has 5 atom stereocenters. The molecule has 0 saturated carbocycles. The fourth-order valence-electron chi connectivity index (χ4n) is 4.06. The van der Waals surface area contributed by atoms with Gasteiger partial charge in [-0.25, -0.2) is 0 Å². The summed E-state index contributed by atoms with van der Waals surface area (Å²) in [4.78, 5) is 0. The van der Waals surface area contributed by atoms with Crippen LogP contribution in [0.1, 0.15) is 16.7 Å². The molecule has 3 aromatic rings. The zero-order chi connectivity index (χ0) is 23.6. The zero-order valence-corrected chi connectivity index (χ0v) is 20.9. The molecule has 4 rings (SSSR count). The monoisotopic (exact) mass is 526 g/mol. The molecule has 0 aliphatic carbocycles. The molecule has 1 heterocycles. The highest BCUT2D eigenvalue weighted by Crippen LogP contribution is 2.31. The van der Waals surface area contributed by atoms with E-state index < -0.39 is 18.5 Å². The topological polar surface area (TPSA) is 46.2 Å². The minimum Gasteiger partial charge on any atom is -0.368 e. The van der Waals surface area contributed by atoms with Crippen LogP contribution in [0, 0.1) is 0 Å². The summed E-state index contributed by atoms with van der Waals surface area (Å²) < 4.78 is 31.3. The van der Waals surface area contributed by atoms with Gasteiger partial charge in [0.15, 0.2) is 6.29 Å². The molecule has 0 radical (unpaired) electrons. The lowest BCUT2D eigenvalue weighted by Gasteiger charge is -2.45. The van der Waals surface area contributed by atoms with E-state index in [0.717, 1.165) is 16.7 Å². The van der Waals surface area contributed by atoms with E-state index in [1.54, 1.807) is 7.11 Å². The van der Waals surface area contributed by atoms with Gasteiger partial charge in [0, 0.05) is 12.4 Å². The van der Waals surface area contributed by atoms with Crippen LogP contribution in [0.5, 0.6) is 0 Å². The molecule has 34 heavy (non-hydrogen) atoms. The van der Waals surface area contributed by atoms with Crippen molar-refractivity contribution in [2.45, 2.75) is 50.5 Å². The van der Waals surface area contributed by atoms with Gasteiger partial charge in [-0.1, -0.05) is 107 Å². The van der Waals surface area contributed by atoms with Crippen LogP contribution < -0.4 is 0 Å². The fourth-order valence-corrected chi connectivity index (χ4v) is 4.58. The summed E-state index contributed by atoms with van der Waals surface area (Å²) in [5, 5.41) is 0.586. The summed E-state index contributed by atoms with van der Waals surface area (Å²) in [6.45, 7) is 1.31. The Labute approximate surface area is 210 Å². The van der Waals surface area contributed by atoms with Gasteiger partial charge in [-0.15, -0.1) is 0 Å². The summed E-state index contributed by atoms with van der Waals surface area (Å²) in [5.41, 5.74) is 3.25. The van der Waals surface area contributed by atoms with Crippen molar-refractivity contribution in [2.75, 3.05) is 12.4 Å².